The SMILES string of the molecule is CC(=O)c1c(C)cc(C)c(COC(=O)CCCN2C(=O)c3ccc(C)cc3C2=O)c1C. The highest BCUT2D eigenvalue weighted by molar-refractivity contribution is 6.21. The van der Waals surface area contributed by atoms with E-state index < -0.39 is 5.97 Å². The van der Waals surface area contributed by atoms with Crippen LogP contribution >= 0.6 is 0 Å². The van der Waals surface area contributed by atoms with Crippen molar-refractivity contribution in [1.82, 2.24) is 4.90 Å². The molecule has 3 rings (SSSR count). The summed E-state index contributed by atoms with van der Waals surface area (Å²) < 4.78 is 5.42. The Bertz CT molecular complexity index is 1100. The minimum Gasteiger partial charge on any atom is -0.461 e. The molecule has 1 aliphatic heterocycles. The number of hydrogen-bond donors (Lipinski definition) is 0. The summed E-state index contributed by atoms with van der Waals surface area (Å²) in [6, 6.07) is 7.11. The molecule has 0 bridgehead atoms. The first-order chi connectivity index (χ1) is 14.6. The topological polar surface area (TPSA) is 80.8 Å². The van der Waals surface area contributed by atoms with Crippen LogP contribution in [0.3, 0.4) is 0 Å². The second kappa shape index (κ2) is 8.84. The zero-order chi connectivity index (χ0) is 22.9. The number of benzene rings is 2. The highest BCUT2D eigenvalue weighted by Crippen LogP contribution is 2.25. The minimum absolute atomic E-state index is 0.0151. The number of amides is 2. The predicted octanol–water partition coefficient (Wildman–Crippen LogP) is 4.24. The van der Waals surface area contributed by atoms with E-state index in [2.05, 4.69) is 0 Å². The number of imide groups is 1. The molecule has 0 aromatic heterocycles. The molecule has 162 valence electrons. The number of fused-ring (bicyclic) bond motifs is 1. The monoisotopic (exact) mass is 421 g/mol. The van der Waals surface area contributed by atoms with Gasteiger partial charge in [0, 0.05) is 18.5 Å². The normalized spacial score (nSPS) is 12.9. The number of carbonyl (C=O) groups excluding carboxylic acids is 4. The first-order valence-electron chi connectivity index (χ1n) is 10.3. The molecule has 1 heterocycles. The summed E-state index contributed by atoms with van der Waals surface area (Å²) >= 11 is 0. The molecule has 0 atom stereocenters. The second-order valence-electron chi connectivity index (χ2n) is 8.12. The van der Waals surface area contributed by atoms with Crippen LogP contribution in [-0.4, -0.2) is 35.0 Å². The van der Waals surface area contributed by atoms with E-state index in [4.69, 9.17) is 4.74 Å². The molecule has 2 aromatic carbocycles. The van der Waals surface area contributed by atoms with Crippen molar-refractivity contribution in [2.24, 2.45) is 0 Å². The molecule has 0 unspecified atom stereocenters. The van der Waals surface area contributed by atoms with Crippen LogP contribution in [0, 0.1) is 27.7 Å². The Kier molecular flexibility index (Phi) is 6.39. The predicted molar refractivity (Wildman–Crippen MR) is 116 cm³/mol. The van der Waals surface area contributed by atoms with Crippen molar-refractivity contribution in [2.75, 3.05) is 6.54 Å². The van der Waals surface area contributed by atoms with E-state index in [0.717, 1.165) is 27.8 Å². The summed E-state index contributed by atoms with van der Waals surface area (Å²) in [4.78, 5) is 50.3. The van der Waals surface area contributed by atoms with Crippen molar-refractivity contribution in [3.05, 3.63) is 68.8 Å². The maximum atomic E-state index is 12.5. The standard InChI is InChI=1S/C25H27NO5/c1-14-8-9-19-20(11-14)25(30)26(24(19)29)10-6-7-22(28)31-13-21-15(2)12-16(3)23(17(21)4)18(5)27/h8-9,11-12H,6-7,10,13H2,1-5H3. The molecule has 2 aromatic rings. The Labute approximate surface area is 182 Å². The number of ether oxygens (including phenoxy) is 1. The van der Waals surface area contributed by atoms with Crippen LogP contribution in [-0.2, 0) is 16.1 Å². The van der Waals surface area contributed by atoms with Crippen molar-refractivity contribution >= 4 is 23.6 Å². The number of esters is 1. The van der Waals surface area contributed by atoms with Gasteiger partial charge < -0.3 is 4.74 Å². The lowest BCUT2D eigenvalue weighted by Gasteiger charge is -2.16. The summed E-state index contributed by atoms with van der Waals surface area (Å²) in [7, 11) is 0. The first kappa shape index (κ1) is 22.4. The van der Waals surface area contributed by atoms with Crippen LogP contribution in [0.25, 0.3) is 0 Å². The zero-order valence-electron chi connectivity index (χ0n) is 18.6. The number of aryl methyl sites for hydroxylation is 3. The van der Waals surface area contributed by atoms with Crippen LogP contribution < -0.4 is 0 Å². The number of ketones is 1. The Balaban J connectivity index is 1.57. The summed E-state index contributed by atoms with van der Waals surface area (Å²) in [5, 5.41) is 0. The Morgan fingerprint density at radius 1 is 0.935 bits per heavy atom. The molecule has 6 nitrogen and oxygen atoms in total. The molecule has 2 amide bonds. The van der Waals surface area contributed by atoms with Gasteiger partial charge in [-0.3, -0.25) is 24.1 Å². The zero-order valence-corrected chi connectivity index (χ0v) is 18.6. The number of hydrogen-bond acceptors (Lipinski definition) is 5. The van der Waals surface area contributed by atoms with E-state index in [1.54, 1.807) is 18.2 Å². The maximum Gasteiger partial charge on any atom is 0.306 e. The average molecular weight is 421 g/mol. The molecule has 0 saturated heterocycles. The summed E-state index contributed by atoms with van der Waals surface area (Å²) in [5.74, 6) is -1.06. The van der Waals surface area contributed by atoms with Gasteiger partial charge in [-0.1, -0.05) is 17.7 Å². The van der Waals surface area contributed by atoms with Gasteiger partial charge in [-0.2, -0.15) is 0 Å². The second-order valence-corrected chi connectivity index (χ2v) is 8.12. The van der Waals surface area contributed by atoms with E-state index in [1.807, 2.05) is 33.8 Å². The fraction of sp³-hybridized carbons (Fsp3) is 0.360. The Hall–Kier alpha value is -3.28. The van der Waals surface area contributed by atoms with Crippen molar-refractivity contribution in [3.63, 3.8) is 0 Å². The van der Waals surface area contributed by atoms with Crippen molar-refractivity contribution in [2.45, 2.75) is 54.1 Å². The summed E-state index contributed by atoms with van der Waals surface area (Å²) in [6.45, 7) is 9.34. The van der Waals surface area contributed by atoms with Crippen LogP contribution in [0.1, 0.15) is 78.7 Å². The van der Waals surface area contributed by atoms with Gasteiger partial charge in [0.2, 0.25) is 0 Å². The molecule has 0 aliphatic carbocycles. The largest absolute Gasteiger partial charge is 0.461 e. The molecule has 0 spiro atoms. The van der Waals surface area contributed by atoms with Crippen LogP contribution in [0.5, 0.6) is 0 Å². The quantitative estimate of drug-likeness (QED) is 0.379. The summed E-state index contributed by atoms with van der Waals surface area (Å²) in [6.07, 6.45) is 0.420. The third kappa shape index (κ3) is 4.43. The fourth-order valence-electron chi connectivity index (χ4n) is 4.20. The average Bonchev–Trinajstić information content (AvgIpc) is 2.91. The first-order valence-corrected chi connectivity index (χ1v) is 10.3. The third-order valence-corrected chi connectivity index (χ3v) is 5.75. The van der Waals surface area contributed by atoms with Gasteiger partial charge in [-0.15, -0.1) is 0 Å². The smallest absolute Gasteiger partial charge is 0.306 e. The van der Waals surface area contributed by atoms with Crippen LogP contribution in [0.2, 0.25) is 0 Å². The molecule has 6 heteroatoms. The lowest BCUT2D eigenvalue weighted by molar-refractivity contribution is -0.145. The number of carbonyl (C=O) groups is 4. The van der Waals surface area contributed by atoms with E-state index in [9.17, 15) is 19.2 Å². The van der Waals surface area contributed by atoms with Gasteiger partial charge in [0.15, 0.2) is 5.78 Å². The van der Waals surface area contributed by atoms with Crippen molar-refractivity contribution in [3.8, 4) is 0 Å². The molecule has 31 heavy (non-hydrogen) atoms. The molecule has 0 saturated carbocycles. The number of nitrogens with zero attached hydrogens (tertiary/aromatic N) is 1. The third-order valence-electron chi connectivity index (χ3n) is 5.75. The van der Waals surface area contributed by atoms with E-state index in [1.165, 1.54) is 11.8 Å². The molecule has 0 fully saturated rings. The Morgan fingerprint density at radius 2 is 1.61 bits per heavy atom. The molecular formula is C25H27NO5. The van der Waals surface area contributed by atoms with Crippen LogP contribution in [0.15, 0.2) is 24.3 Å². The van der Waals surface area contributed by atoms with Gasteiger partial charge >= 0.3 is 5.97 Å². The van der Waals surface area contributed by atoms with Gasteiger partial charge in [-0.25, -0.2) is 0 Å². The minimum atomic E-state index is -0.406. The van der Waals surface area contributed by atoms with Crippen molar-refractivity contribution < 1.29 is 23.9 Å². The molecule has 0 radical (unpaired) electrons. The maximum absolute atomic E-state index is 12.5. The van der Waals surface area contributed by atoms with Gasteiger partial charge in [0.1, 0.15) is 6.61 Å². The highest BCUT2D eigenvalue weighted by Gasteiger charge is 2.35. The summed E-state index contributed by atoms with van der Waals surface area (Å²) in [5.41, 5.74) is 5.95. The molecular weight excluding hydrogens is 394 g/mol. The van der Waals surface area contributed by atoms with Crippen molar-refractivity contribution in [1.29, 1.82) is 0 Å². The lowest BCUT2D eigenvalue weighted by atomic mass is 9.92. The van der Waals surface area contributed by atoms with Gasteiger partial charge in [0.05, 0.1) is 11.1 Å². The van der Waals surface area contributed by atoms with Gasteiger partial charge in [0.25, 0.3) is 11.8 Å². The fourth-order valence-corrected chi connectivity index (χ4v) is 4.20. The molecule has 0 N–H and O–H groups in total. The van der Waals surface area contributed by atoms with E-state index >= 15 is 0 Å². The van der Waals surface area contributed by atoms with E-state index in [0.29, 0.717) is 23.1 Å². The lowest BCUT2D eigenvalue weighted by Crippen LogP contribution is -2.31. The Morgan fingerprint density at radius 3 is 2.29 bits per heavy atom. The number of rotatable bonds is 7. The molecule has 1 aliphatic rings. The number of Topliss-reactive ketones (excluding diaryl/α,β-unsaturated/α-hetero) is 1. The van der Waals surface area contributed by atoms with E-state index in [-0.39, 0.29) is 37.2 Å². The van der Waals surface area contributed by atoms with Gasteiger partial charge in [-0.05, 0) is 75.4 Å². The van der Waals surface area contributed by atoms with Crippen LogP contribution in [0.4, 0.5) is 0 Å². The highest BCUT2D eigenvalue weighted by atomic mass is 16.5.